The maximum Gasteiger partial charge on any atom is 0.253 e. The number of nitrogens with zero attached hydrogens (tertiary/aromatic N) is 3. The molecule has 0 unspecified atom stereocenters. The minimum Gasteiger partial charge on any atom is -0.342 e. The molecule has 162 valence electrons. The number of hydrogen-bond donors (Lipinski definition) is 2. The third-order valence-corrected chi connectivity index (χ3v) is 5.98. The summed E-state index contributed by atoms with van der Waals surface area (Å²) in [6, 6.07) is 11.9. The van der Waals surface area contributed by atoms with Gasteiger partial charge >= 0.3 is 0 Å². The first-order chi connectivity index (χ1) is 14.7. The maximum absolute atomic E-state index is 12.5. The molecule has 0 aliphatic carbocycles. The fraction of sp³-hybridized carbons (Fsp3) is 0.238. The maximum atomic E-state index is 12.5. The van der Waals surface area contributed by atoms with Crippen molar-refractivity contribution in [2.45, 2.75) is 25.0 Å². The lowest BCUT2D eigenvalue weighted by Gasteiger charge is -2.14. The standard InChI is InChI=1S/C21H21Cl2N5O2S/c1-12-5-4-6-15(9-12)25-18(29)11-31-21-27-26-19(28(21)3)13(2)24-20(30)16-8-7-14(22)10-17(16)23/h4-10,13H,11H2,1-3H3,(H,24,30)(H,25,29)/t13-/m1/s1. The highest BCUT2D eigenvalue weighted by atomic mass is 35.5. The van der Waals surface area contributed by atoms with Gasteiger partial charge < -0.3 is 15.2 Å². The molecule has 0 saturated heterocycles. The van der Waals surface area contributed by atoms with Crippen LogP contribution < -0.4 is 10.6 Å². The number of anilines is 1. The number of rotatable bonds is 7. The Morgan fingerprint density at radius 1 is 1.16 bits per heavy atom. The number of halogens is 2. The van der Waals surface area contributed by atoms with Gasteiger partial charge in [0.15, 0.2) is 11.0 Å². The van der Waals surface area contributed by atoms with Crippen molar-refractivity contribution >= 4 is 52.5 Å². The summed E-state index contributed by atoms with van der Waals surface area (Å²) in [5, 5.41) is 15.3. The van der Waals surface area contributed by atoms with Gasteiger partial charge in [0.1, 0.15) is 0 Å². The molecule has 0 bridgehead atoms. The second kappa shape index (κ2) is 10.2. The Bertz CT molecular complexity index is 1120. The minimum atomic E-state index is -0.424. The first-order valence-corrected chi connectivity index (χ1v) is 11.1. The van der Waals surface area contributed by atoms with Gasteiger partial charge in [-0.1, -0.05) is 47.1 Å². The Hall–Kier alpha value is -2.55. The molecule has 2 N–H and O–H groups in total. The number of aromatic nitrogens is 3. The molecule has 31 heavy (non-hydrogen) atoms. The summed E-state index contributed by atoms with van der Waals surface area (Å²) in [4.78, 5) is 24.8. The molecule has 3 rings (SSSR count). The van der Waals surface area contributed by atoms with Crippen LogP contribution in [0.25, 0.3) is 0 Å². The monoisotopic (exact) mass is 477 g/mol. The number of thioether (sulfide) groups is 1. The van der Waals surface area contributed by atoms with E-state index in [2.05, 4.69) is 20.8 Å². The van der Waals surface area contributed by atoms with Crippen LogP contribution in [0.1, 0.15) is 34.7 Å². The zero-order valence-electron chi connectivity index (χ0n) is 17.1. The number of amides is 2. The van der Waals surface area contributed by atoms with E-state index in [9.17, 15) is 9.59 Å². The zero-order chi connectivity index (χ0) is 22.5. The minimum absolute atomic E-state index is 0.140. The molecule has 0 spiro atoms. The van der Waals surface area contributed by atoms with E-state index in [1.165, 1.54) is 17.8 Å². The van der Waals surface area contributed by atoms with Gasteiger partial charge in [-0.15, -0.1) is 10.2 Å². The van der Waals surface area contributed by atoms with E-state index in [0.29, 0.717) is 21.6 Å². The van der Waals surface area contributed by atoms with Crippen molar-refractivity contribution in [3.63, 3.8) is 0 Å². The van der Waals surface area contributed by atoms with Crippen molar-refractivity contribution in [2.24, 2.45) is 7.05 Å². The van der Waals surface area contributed by atoms with Gasteiger partial charge in [-0.05, 0) is 49.7 Å². The van der Waals surface area contributed by atoms with Gasteiger partial charge in [0.25, 0.3) is 5.91 Å². The zero-order valence-corrected chi connectivity index (χ0v) is 19.5. The second-order valence-corrected chi connectivity index (χ2v) is 8.71. The van der Waals surface area contributed by atoms with Crippen LogP contribution in [0.4, 0.5) is 5.69 Å². The molecule has 7 nitrogen and oxygen atoms in total. The molecule has 1 aromatic heterocycles. The van der Waals surface area contributed by atoms with E-state index < -0.39 is 6.04 Å². The van der Waals surface area contributed by atoms with E-state index in [1.54, 1.807) is 30.7 Å². The fourth-order valence-electron chi connectivity index (χ4n) is 2.89. The Morgan fingerprint density at radius 2 is 1.94 bits per heavy atom. The molecule has 0 fully saturated rings. The summed E-state index contributed by atoms with van der Waals surface area (Å²) >= 11 is 13.3. The van der Waals surface area contributed by atoms with Gasteiger partial charge in [-0.2, -0.15) is 0 Å². The van der Waals surface area contributed by atoms with E-state index in [0.717, 1.165) is 11.3 Å². The number of carbonyl (C=O) groups excluding carboxylic acids is 2. The average Bonchev–Trinajstić information content (AvgIpc) is 3.06. The molecule has 2 amide bonds. The Balaban J connectivity index is 1.59. The van der Waals surface area contributed by atoms with Crippen LogP contribution in [-0.2, 0) is 11.8 Å². The van der Waals surface area contributed by atoms with Crippen molar-refractivity contribution in [1.29, 1.82) is 0 Å². The molecule has 1 atom stereocenters. The normalized spacial score (nSPS) is 11.8. The van der Waals surface area contributed by atoms with Crippen LogP contribution in [0, 0.1) is 6.92 Å². The second-order valence-electron chi connectivity index (χ2n) is 6.93. The van der Waals surface area contributed by atoms with Crippen LogP contribution in [-0.4, -0.2) is 32.3 Å². The molecule has 0 aliphatic heterocycles. The number of aryl methyl sites for hydroxylation is 1. The summed E-state index contributed by atoms with van der Waals surface area (Å²) < 4.78 is 1.75. The van der Waals surface area contributed by atoms with Crippen LogP contribution >= 0.6 is 35.0 Å². The number of hydrogen-bond acceptors (Lipinski definition) is 5. The lowest BCUT2D eigenvalue weighted by Crippen LogP contribution is -2.28. The Kier molecular flexibility index (Phi) is 7.59. The van der Waals surface area contributed by atoms with Crippen LogP contribution in [0.3, 0.4) is 0 Å². The van der Waals surface area contributed by atoms with Gasteiger partial charge in [-0.3, -0.25) is 9.59 Å². The van der Waals surface area contributed by atoms with Crippen molar-refractivity contribution in [3.05, 3.63) is 69.5 Å². The topological polar surface area (TPSA) is 88.9 Å². The van der Waals surface area contributed by atoms with E-state index in [1.807, 2.05) is 31.2 Å². The molecule has 2 aromatic carbocycles. The molecule has 0 saturated carbocycles. The number of benzene rings is 2. The van der Waals surface area contributed by atoms with Gasteiger partial charge in [0.05, 0.1) is 22.4 Å². The first kappa shape index (κ1) is 23.1. The van der Waals surface area contributed by atoms with Crippen LogP contribution in [0.15, 0.2) is 47.6 Å². The van der Waals surface area contributed by atoms with Crippen LogP contribution in [0.2, 0.25) is 10.0 Å². The quantitative estimate of drug-likeness (QED) is 0.483. The predicted molar refractivity (Wildman–Crippen MR) is 124 cm³/mol. The van der Waals surface area contributed by atoms with Crippen molar-refractivity contribution < 1.29 is 9.59 Å². The summed E-state index contributed by atoms with van der Waals surface area (Å²) in [6.45, 7) is 3.76. The molecular formula is C21H21Cl2N5O2S. The molecule has 1 heterocycles. The largest absolute Gasteiger partial charge is 0.342 e. The SMILES string of the molecule is Cc1cccc(NC(=O)CSc2nnc([C@@H](C)NC(=O)c3ccc(Cl)cc3Cl)n2C)c1. The summed E-state index contributed by atoms with van der Waals surface area (Å²) in [5.41, 5.74) is 2.14. The molecule has 0 radical (unpaired) electrons. The van der Waals surface area contributed by atoms with Gasteiger partial charge in [0.2, 0.25) is 5.91 Å². The highest BCUT2D eigenvalue weighted by Gasteiger charge is 2.20. The van der Waals surface area contributed by atoms with E-state index in [4.69, 9.17) is 23.2 Å². The van der Waals surface area contributed by atoms with Crippen molar-refractivity contribution in [2.75, 3.05) is 11.1 Å². The highest BCUT2D eigenvalue weighted by Crippen LogP contribution is 2.23. The van der Waals surface area contributed by atoms with Crippen LogP contribution in [0.5, 0.6) is 0 Å². The van der Waals surface area contributed by atoms with Gasteiger partial charge in [-0.25, -0.2) is 0 Å². The van der Waals surface area contributed by atoms with Crippen molar-refractivity contribution in [1.82, 2.24) is 20.1 Å². The highest BCUT2D eigenvalue weighted by molar-refractivity contribution is 7.99. The van der Waals surface area contributed by atoms with E-state index in [-0.39, 0.29) is 22.6 Å². The smallest absolute Gasteiger partial charge is 0.253 e. The fourth-order valence-corrected chi connectivity index (χ4v) is 4.10. The third kappa shape index (κ3) is 6.00. The average molecular weight is 478 g/mol. The predicted octanol–water partition coefficient (Wildman–Crippen LogP) is 4.65. The Morgan fingerprint density at radius 3 is 2.65 bits per heavy atom. The first-order valence-electron chi connectivity index (χ1n) is 9.39. The third-order valence-electron chi connectivity index (χ3n) is 4.41. The Labute approximate surface area is 194 Å². The summed E-state index contributed by atoms with van der Waals surface area (Å²) in [7, 11) is 1.79. The van der Waals surface area contributed by atoms with Crippen molar-refractivity contribution in [3.8, 4) is 0 Å². The van der Waals surface area contributed by atoms with Gasteiger partial charge in [0, 0.05) is 17.8 Å². The van der Waals surface area contributed by atoms with E-state index >= 15 is 0 Å². The lowest BCUT2D eigenvalue weighted by atomic mass is 10.2. The number of carbonyl (C=O) groups is 2. The number of nitrogens with one attached hydrogen (secondary N) is 2. The molecule has 0 aliphatic rings. The molecule has 3 aromatic rings. The molecule has 10 heteroatoms. The molecular weight excluding hydrogens is 457 g/mol. The summed E-state index contributed by atoms with van der Waals surface area (Å²) in [5.74, 6) is 0.254. The summed E-state index contributed by atoms with van der Waals surface area (Å²) in [6.07, 6.45) is 0. The lowest BCUT2D eigenvalue weighted by molar-refractivity contribution is -0.113.